The molecule has 4 heterocycles. The molecule has 0 amide bonds. The number of benzene rings is 1. The summed E-state index contributed by atoms with van der Waals surface area (Å²) in [6.45, 7) is 3.87. The Morgan fingerprint density at radius 1 is 1.00 bits per heavy atom. The summed E-state index contributed by atoms with van der Waals surface area (Å²) in [7, 11) is 0. The number of hydrogen-bond acceptors (Lipinski definition) is 7. The molecule has 7 nitrogen and oxygen atoms in total. The van der Waals surface area contributed by atoms with Gasteiger partial charge in [0.05, 0.1) is 35.6 Å². The van der Waals surface area contributed by atoms with Gasteiger partial charge in [0.2, 0.25) is 0 Å². The third-order valence-electron chi connectivity index (χ3n) is 5.43. The van der Waals surface area contributed by atoms with Crippen molar-refractivity contribution in [3.63, 3.8) is 0 Å². The fraction of sp³-hybridized carbons (Fsp3) is 0.185. The number of hydrogen-bond donors (Lipinski definition) is 2. The second-order valence-corrected chi connectivity index (χ2v) is 9.67. The Morgan fingerprint density at radius 2 is 1.83 bits per heavy atom. The van der Waals surface area contributed by atoms with E-state index >= 15 is 0 Å². The van der Waals surface area contributed by atoms with Crippen LogP contribution < -0.4 is 5.32 Å². The molecule has 174 valence electrons. The lowest BCUT2D eigenvalue weighted by molar-refractivity contribution is 0.0591. The Bertz CT molecular complexity index is 1580. The molecule has 0 bridgehead atoms. The Labute approximate surface area is 207 Å². The predicted octanol–water partition coefficient (Wildman–Crippen LogP) is 5.01. The molecule has 0 saturated heterocycles. The second-order valence-electron chi connectivity index (χ2n) is 8.79. The van der Waals surface area contributed by atoms with Crippen LogP contribution in [-0.4, -0.2) is 41.7 Å². The maximum Gasteiger partial charge on any atom is 0.131 e. The van der Waals surface area contributed by atoms with Crippen LogP contribution in [0.4, 0.5) is 11.5 Å². The molecule has 0 unspecified atom stereocenters. The summed E-state index contributed by atoms with van der Waals surface area (Å²) in [6.07, 6.45) is 10.8. The molecule has 0 aliphatic rings. The van der Waals surface area contributed by atoms with Crippen LogP contribution in [0.3, 0.4) is 0 Å². The van der Waals surface area contributed by atoms with Crippen LogP contribution in [0.1, 0.15) is 25.1 Å². The van der Waals surface area contributed by atoms with E-state index in [-0.39, 0.29) is 0 Å². The van der Waals surface area contributed by atoms with E-state index in [2.05, 4.69) is 55.6 Å². The van der Waals surface area contributed by atoms with Crippen molar-refractivity contribution >= 4 is 44.9 Å². The van der Waals surface area contributed by atoms with Gasteiger partial charge in [0, 0.05) is 45.3 Å². The van der Waals surface area contributed by atoms with E-state index in [0.29, 0.717) is 12.2 Å². The van der Waals surface area contributed by atoms with Gasteiger partial charge in [0.1, 0.15) is 11.5 Å². The van der Waals surface area contributed by atoms with Crippen molar-refractivity contribution in [3.8, 4) is 11.8 Å². The van der Waals surface area contributed by atoms with E-state index in [0.717, 1.165) is 38.7 Å². The van der Waals surface area contributed by atoms with Crippen LogP contribution in [0.15, 0.2) is 72.3 Å². The zero-order valence-electron chi connectivity index (χ0n) is 19.6. The lowest BCUT2D eigenvalue weighted by atomic mass is 10.1. The van der Waals surface area contributed by atoms with E-state index in [1.165, 1.54) is 4.90 Å². The third-order valence-corrected chi connectivity index (χ3v) is 6.18. The van der Waals surface area contributed by atoms with E-state index in [1.54, 1.807) is 55.1 Å². The first-order valence-electron chi connectivity index (χ1n) is 11.1. The number of fused-ring (bicyclic) bond motifs is 2. The van der Waals surface area contributed by atoms with Gasteiger partial charge in [-0.15, -0.1) is 11.8 Å². The summed E-state index contributed by atoms with van der Waals surface area (Å²) in [5.41, 5.74) is 2.32. The minimum Gasteiger partial charge on any atom is -0.389 e. The standard InChI is InChI=1S/C27H24N6OS/c1-27(2,34)17-33-25-16-28-13-18(23(25)15-31-33)4-9-24-22-12-26(30-14-19(22)10-11-29-24)32-20-5-7-21(35-3)8-6-20/h5-8,10-16,34H,17H2,1-3H3,(H,30,32). The highest BCUT2D eigenvalue weighted by Gasteiger charge is 2.16. The normalized spacial score (nSPS) is 11.4. The van der Waals surface area contributed by atoms with Crippen molar-refractivity contribution in [2.24, 2.45) is 0 Å². The molecule has 0 radical (unpaired) electrons. The van der Waals surface area contributed by atoms with Crippen LogP contribution in [-0.2, 0) is 6.54 Å². The Balaban J connectivity index is 1.49. The summed E-state index contributed by atoms with van der Waals surface area (Å²) < 4.78 is 1.75. The molecule has 5 rings (SSSR count). The fourth-order valence-electron chi connectivity index (χ4n) is 3.76. The minimum absolute atomic E-state index is 0.364. The van der Waals surface area contributed by atoms with Gasteiger partial charge in [-0.25, -0.2) is 9.97 Å². The molecule has 4 aromatic heterocycles. The number of anilines is 2. The zero-order chi connectivity index (χ0) is 24.4. The molecule has 0 aliphatic heterocycles. The molecule has 0 fully saturated rings. The van der Waals surface area contributed by atoms with E-state index < -0.39 is 5.60 Å². The number of nitrogens with zero attached hydrogens (tertiary/aromatic N) is 5. The number of aromatic nitrogens is 5. The Morgan fingerprint density at radius 3 is 2.60 bits per heavy atom. The first kappa shape index (κ1) is 22.8. The van der Waals surface area contributed by atoms with E-state index in [9.17, 15) is 5.11 Å². The van der Waals surface area contributed by atoms with Crippen molar-refractivity contribution < 1.29 is 5.11 Å². The molecule has 5 aromatic rings. The molecule has 8 heteroatoms. The predicted molar refractivity (Wildman–Crippen MR) is 141 cm³/mol. The van der Waals surface area contributed by atoms with Crippen molar-refractivity contribution in [2.75, 3.05) is 11.6 Å². The van der Waals surface area contributed by atoms with Gasteiger partial charge < -0.3 is 10.4 Å². The molecular weight excluding hydrogens is 456 g/mol. The summed E-state index contributed by atoms with van der Waals surface area (Å²) in [5.74, 6) is 7.16. The van der Waals surface area contributed by atoms with Crippen LogP contribution in [0.5, 0.6) is 0 Å². The smallest absolute Gasteiger partial charge is 0.131 e. The molecule has 35 heavy (non-hydrogen) atoms. The van der Waals surface area contributed by atoms with Crippen LogP contribution in [0.25, 0.3) is 21.7 Å². The van der Waals surface area contributed by atoms with Gasteiger partial charge in [-0.05, 0) is 62.4 Å². The van der Waals surface area contributed by atoms with Crippen molar-refractivity contribution in [1.82, 2.24) is 24.7 Å². The van der Waals surface area contributed by atoms with Crippen LogP contribution in [0.2, 0.25) is 0 Å². The van der Waals surface area contributed by atoms with Gasteiger partial charge >= 0.3 is 0 Å². The Hall–Kier alpha value is -3.93. The topological polar surface area (TPSA) is 88.8 Å². The van der Waals surface area contributed by atoms with Crippen molar-refractivity contribution in [3.05, 3.63) is 78.6 Å². The molecule has 0 atom stereocenters. The van der Waals surface area contributed by atoms with Gasteiger partial charge in [0.15, 0.2) is 0 Å². The zero-order valence-corrected chi connectivity index (χ0v) is 20.5. The highest BCUT2D eigenvalue weighted by atomic mass is 32.2. The minimum atomic E-state index is -0.885. The molecule has 1 aromatic carbocycles. The van der Waals surface area contributed by atoms with Crippen molar-refractivity contribution in [2.45, 2.75) is 30.9 Å². The SMILES string of the molecule is CSc1ccc(Nc2cc3c(C#Cc4cncc5c4cnn5CC(C)(C)O)nccc3cn2)cc1. The Kier molecular flexibility index (Phi) is 6.12. The average Bonchev–Trinajstić information content (AvgIpc) is 3.25. The summed E-state index contributed by atoms with van der Waals surface area (Å²) in [4.78, 5) is 14.6. The van der Waals surface area contributed by atoms with E-state index in [1.807, 2.05) is 30.5 Å². The fourth-order valence-corrected chi connectivity index (χ4v) is 4.17. The number of rotatable bonds is 5. The summed E-state index contributed by atoms with van der Waals surface area (Å²) in [5, 5.41) is 20.7. The largest absolute Gasteiger partial charge is 0.389 e. The molecular formula is C27H24N6OS. The van der Waals surface area contributed by atoms with Crippen LogP contribution >= 0.6 is 11.8 Å². The quantitative estimate of drug-likeness (QED) is 0.270. The number of pyridine rings is 3. The monoisotopic (exact) mass is 480 g/mol. The third kappa shape index (κ3) is 5.11. The summed E-state index contributed by atoms with van der Waals surface area (Å²) >= 11 is 1.71. The average molecular weight is 481 g/mol. The number of nitrogens with one attached hydrogen (secondary N) is 1. The molecule has 0 aliphatic carbocycles. The van der Waals surface area contributed by atoms with Crippen molar-refractivity contribution in [1.29, 1.82) is 0 Å². The molecule has 2 N–H and O–H groups in total. The van der Waals surface area contributed by atoms with Gasteiger partial charge in [-0.2, -0.15) is 5.10 Å². The second kappa shape index (κ2) is 9.37. The first-order chi connectivity index (χ1) is 16.9. The van der Waals surface area contributed by atoms with Gasteiger partial charge in [-0.3, -0.25) is 9.67 Å². The highest BCUT2D eigenvalue weighted by Crippen LogP contribution is 2.24. The summed E-state index contributed by atoms with van der Waals surface area (Å²) in [6, 6.07) is 12.1. The lowest BCUT2D eigenvalue weighted by Gasteiger charge is -2.17. The maximum atomic E-state index is 10.2. The number of aliphatic hydroxyl groups is 1. The van der Waals surface area contributed by atoms with Gasteiger partial charge in [-0.1, -0.05) is 5.92 Å². The maximum absolute atomic E-state index is 10.2. The molecule has 0 saturated carbocycles. The van der Waals surface area contributed by atoms with E-state index in [4.69, 9.17) is 0 Å². The first-order valence-corrected chi connectivity index (χ1v) is 12.3. The molecule has 0 spiro atoms. The van der Waals surface area contributed by atoms with Gasteiger partial charge in [0.25, 0.3) is 0 Å². The number of thioether (sulfide) groups is 1. The lowest BCUT2D eigenvalue weighted by Crippen LogP contribution is -2.26. The van der Waals surface area contributed by atoms with Crippen LogP contribution in [0, 0.1) is 11.8 Å². The highest BCUT2D eigenvalue weighted by molar-refractivity contribution is 7.98.